The molecule has 0 bridgehead atoms. The SMILES string of the molecule is CC(C)[C@@H](C)[C@H](C)[18F]. The van der Waals surface area contributed by atoms with Crippen molar-refractivity contribution in [3.05, 3.63) is 0 Å². The maximum atomic E-state index is 12.3. The zero-order chi connectivity index (χ0) is 6.73. The third-order valence-electron chi connectivity index (χ3n) is 1.78. The molecule has 0 unspecified atom stereocenters. The van der Waals surface area contributed by atoms with Crippen molar-refractivity contribution in [2.75, 3.05) is 0 Å². The van der Waals surface area contributed by atoms with Crippen molar-refractivity contribution in [2.24, 2.45) is 11.8 Å². The minimum absolute atomic E-state index is 0.204. The Morgan fingerprint density at radius 1 is 1.00 bits per heavy atom. The summed E-state index contributed by atoms with van der Waals surface area (Å²) in [5, 5.41) is 0. The van der Waals surface area contributed by atoms with E-state index >= 15 is 0 Å². The Morgan fingerprint density at radius 2 is 1.38 bits per heavy atom. The first-order chi connectivity index (χ1) is 3.55. The average Bonchev–Trinajstić information content (AvgIpc) is 1.64. The van der Waals surface area contributed by atoms with Gasteiger partial charge >= 0.3 is 0 Å². The topological polar surface area (TPSA) is 0 Å². The van der Waals surface area contributed by atoms with Crippen molar-refractivity contribution < 1.29 is 4.39 Å². The molecule has 0 aromatic rings. The summed E-state index contributed by atoms with van der Waals surface area (Å²) in [6, 6.07) is 0. The van der Waals surface area contributed by atoms with Crippen LogP contribution in [0.3, 0.4) is 0 Å². The second kappa shape index (κ2) is 3.06. The Morgan fingerprint density at radius 3 is 1.38 bits per heavy atom. The number of hydrogen-bond donors (Lipinski definition) is 0. The van der Waals surface area contributed by atoms with Crippen molar-refractivity contribution in [2.45, 2.75) is 33.9 Å². The lowest BCUT2D eigenvalue weighted by atomic mass is 9.94. The van der Waals surface area contributed by atoms with E-state index in [1.807, 2.05) is 20.8 Å². The summed E-state index contributed by atoms with van der Waals surface area (Å²) in [6.45, 7) is 7.64. The molecule has 0 saturated carbocycles. The van der Waals surface area contributed by atoms with Crippen LogP contribution < -0.4 is 0 Å². The van der Waals surface area contributed by atoms with Crippen LogP contribution in [0, 0.1) is 11.8 Å². The molecule has 50 valence electrons. The molecule has 0 heterocycles. The molecule has 0 aliphatic rings. The van der Waals surface area contributed by atoms with Crippen molar-refractivity contribution >= 4 is 0 Å². The Kier molecular flexibility index (Phi) is 3.03. The van der Waals surface area contributed by atoms with Gasteiger partial charge in [-0.2, -0.15) is 0 Å². The molecule has 2 atom stereocenters. The Hall–Kier alpha value is -0.0700. The van der Waals surface area contributed by atoms with Gasteiger partial charge in [0.05, 0.1) is 0 Å². The number of hydrogen-bond acceptors (Lipinski definition) is 0. The lowest BCUT2D eigenvalue weighted by Crippen LogP contribution is -2.14. The van der Waals surface area contributed by atoms with Gasteiger partial charge in [0.1, 0.15) is 6.17 Å². The van der Waals surface area contributed by atoms with Crippen LogP contribution in [0.25, 0.3) is 0 Å². The van der Waals surface area contributed by atoms with Crippen LogP contribution in [0.2, 0.25) is 0 Å². The predicted octanol–water partition coefficient (Wildman–Crippen LogP) is 2.64. The van der Waals surface area contributed by atoms with E-state index in [0.29, 0.717) is 5.92 Å². The summed E-state index contributed by atoms with van der Waals surface area (Å²) in [5.74, 6) is 0.671. The van der Waals surface area contributed by atoms with Gasteiger partial charge in [-0.3, -0.25) is 0 Å². The van der Waals surface area contributed by atoms with E-state index in [0.717, 1.165) is 0 Å². The summed E-state index contributed by atoms with van der Waals surface area (Å²) in [4.78, 5) is 0. The van der Waals surface area contributed by atoms with Gasteiger partial charge in [0.25, 0.3) is 0 Å². The first-order valence-electron chi connectivity index (χ1n) is 3.19. The summed E-state index contributed by atoms with van der Waals surface area (Å²) >= 11 is 0. The molecule has 0 nitrogen and oxygen atoms in total. The van der Waals surface area contributed by atoms with Crippen LogP contribution in [-0.4, -0.2) is 6.17 Å². The van der Waals surface area contributed by atoms with Crippen LogP contribution >= 0.6 is 0 Å². The maximum absolute atomic E-state index is 12.3. The van der Waals surface area contributed by atoms with Crippen molar-refractivity contribution in [3.63, 3.8) is 0 Å². The van der Waals surface area contributed by atoms with E-state index in [4.69, 9.17) is 0 Å². The third-order valence-corrected chi connectivity index (χ3v) is 1.78. The van der Waals surface area contributed by atoms with E-state index in [9.17, 15) is 4.39 Å². The standard InChI is InChI=1S/C7H15F/c1-5(2)6(3)7(4)8/h5-7H,1-4H3/t6-,7+/m1/s1/i8-1. The highest BCUT2D eigenvalue weighted by molar-refractivity contribution is 4.62. The fourth-order valence-electron chi connectivity index (χ4n) is 0.530. The monoisotopic (exact) mass is 117 g/mol. The Bertz CT molecular complexity index is 49.4. The third kappa shape index (κ3) is 2.29. The van der Waals surface area contributed by atoms with Gasteiger partial charge in [-0.1, -0.05) is 20.8 Å². The molecular weight excluding hydrogens is 102 g/mol. The summed E-state index contributed by atoms with van der Waals surface area (Å²) in [7, 11) is 0. The molecule has 1 heteroatoms. The molecular formula is C7H15F. The minimum atomic E-state index is -0.657. The highest BCUT2D eigenvalue weighted by Gasteiger charge is 2.13. The summed E-state index contributed by atoms with van der Waals surface area (Å²) in [6.07, 6.45) is -0.657. The van der Waals surface area contributed by atoms with E-state index in [1.165, 1.54) is 0 Å². The smallest absolute Gasteiger partial charge is 0.100 e. The van der Waals surface area contributed by atoms with Gasteiger partial charge in [0, 0.05) is 0 Å². The van der Waals surface area contributed by atoms with E-state index in [2.05, 4.69) is 0 Å². The lowest BCUT2D eigenvalue weighted by molar-refractivity contribution is 0.215. The van der Waals surface area contributed by atoms with Crippen LogP contribution in [0.1, 0.15) is 27.7 Å². The van der Waals surface area contributed by atoms with Crippen molar-refractivity contribution in [1.82, 2.24) is 0 Å². The average molecular weight is 117 g/mol. The summed E-state index contributed by atoms with van der Waals surface area (Å²) < 4.78 is 12.3. The number of alkyl halides is 1. The summed E-state index contributed by atoms with van der Waals surface area (Å²) in [5.41, 5.74) is 0. The molecule has 0 amide bonds. The second-order valence-electron chi connectivity index (χ2n) is 2.78. The van der Waals surface area contributed by atoms with Gasteiger partial charge in [-0.25, -0.2) is 4.39 Å². The van der Waals surface area contributed by atoms with E-state index in [-0.39, 0.29) is 5.92 Å². The van der Waals surface area contributed by atoms with Crippen LogP contribution in [0.15, 0.2) is 0 Å². The largest absolute Gasteiger partial charge is 0.247 e. The van der Waals surface area contributed by atoms with Crippen molar-refractivity contribution in [1.29, 1.82) is 0 Å². The molecule has 0 aromatic carbocycles. The van der Waals surface area contributed by atoms with Gasteiger partial charge in [0.15, 0.2) is 0 Å². The zero-order valence-electron chi connectivity index (χ0n) is 6.11. The van der Waals surface area contributed by atoms with E-state index in [1.54, 1.807) is 6.92 Å². The van der Waals surface area contributed by atoms with Crippen LogP contribution in [0.5, 0.6) is 0 Å². The first-order valence-corrected chi connectivity index (χ1v) is 3.19. The normalized spacial score (nSPS) is 18.8. The van der Waals surface area contributed by atoms with Crippen LogP contribution in [0.4, 0.5) is 4.39 Å². The van der Waals surface area contributed by atoms with Crippen molar-refractivity contribution in [3.8, 4) is 0 Å². The Labute approximate surface area is 51.1 Å². The van der Waals surface area contributed by atoms with E-state index < -0.39 is 6.17 Å². The highest BCUT2D eigenvalue weighted by Crippen LogP contribution is 2.15. The predicted molar refractivity (Wildman–Crippen MR) is 34.6 cm³/mol. The van der Waals surface area contributed by atoms with Gasteiger partial charge < -0.3 is 0 Å². The molecule has 0 aromatic heterocycles. The fourth-order valence-corrected chi connectivity index (χ4v) is 0.530. The molecule has 0 aliphatic heterocycles. The number of halogens is 1. The molecule has 0 radical (unpaired) electrons. The number of rotatable bonds is 2. The molecule has 0 aliphatic carbocycles. The Balaban J connectivity index is 3.46. The van der Waals surface area contributed by atoms with Gasteiger partial charge in [-0.15, -0.1) is 0 Å². The first kappa shape index (κ1) is 7.93. The second-order valence-corrected chi connectivity index (χ2v) is 2.78. The molecule has 8 heavy (non-hydrogen) atoms. The minimum Gasteiger partial charge on any atom is -0.247 e. The molecule has 0 spiro atoms. The molecule has 0 N–H and O–H groups in total. The molecule has 0 rings (SSSR count). The quantitative estimate of drug-likeness (QED) is 0.521. The van der Waals surface area contributed by atoms with Crippen LogP contribution in [-0.2, 0) is 0 Å². The lowest BCUT2D eigenvalue weighted by Gasteiger charge is -2.15. The molecule has 0 saturated heterocycles. The zero-order valence-corrected chi connectivity index (χ0v) is 6.11. The van der Waals surface area contributed by atoms with Gasteiger partial charge in [0.2, 0.25) is 0 Å². The fraction of sp³-hybridized carbons (Fsp3) is 1.00. The van der Waals surface area contributed by atoms with Gasteiger partial charge in [-0.05, 0) is 18.8 Å². The molecule has 0 fully saturated rings. The maximum Gasteiger partial charge on any atom is 0.100 e. The highest BCUT2D eigenvalue weighted by atomic mass is 18.2.